The molecule has 138 valence electrons. The van der Waals surface area contributed by atoms with E-state index in [1.165, 1.54) is 6.07 Å². The number of nitrogens with one attached hydrogen (secondary N) is 2. The molecular weight excluding hydrogens is 453 g/mol. The highest BCUT2D eigenvalue weighted by Crippen LogP contribution is 2.17. The van der Waals surface area contributed by atoms with Crippen molar-refractivity contribution in [2.45, 2.75) is 6.54 Å². The van der Waals surface area contributed by atoms with Crippen LogP contribution in [0.1, 0.15) is 11.1 Å². The number of rotatable bonds is 6. The van der Waals surface area contributed by atoms with Gasteiger partial charge in [0, 0.05) is 19.7 Å². The van der Waals surface area contributed by atoms with Gasteiger partial charge in [0.2, 0.25) is 0 Å². The van der Waals surface area contributed by atoms with E-state index in [0.29, 0.717) is 24.6 Å². The molecule has 0 spiro atoms. The van der Waals surface area contributed by atoms with Gasteiger partial charge in [0.1, 0.15) is 12.4 Å². The zero-order valence-corrected chi connectivity index (χ0v) is 16.5. The summed E-state index contributed by atoms with van der Waals surface area (Å²) in [6.45, 7) is 1.13. The third-order valence-corrected chi connectivity index (χ3v) is 3.31. The van der Waals surface area contributed by atoms with Gasteiger partial charge in [-0.3, -0.25) is 4.99 Å². The Morgan fingerprint density at radius 2 is 1.88 bits per heavy atom. The fraction of sp³-hybridized carbons (Fsp3) is 0.222. The Balaban J connectivity index is 0.00000338. The van der Waals surface area contributed by atoms with E-state index < -0.39 is 11.6 Å². The molecule has 2 N–H and O–H groups in total. The first-order valence-electron chi connectivity index (χ1n) is 7.64. The second kappa shape index (κ2) is 11.3. The normalized spacial score (nSPS) is 10.5. The largest absolute Gasteiger partial charge is 0.489 e. The van der Waals surface area contributed by atoms with Crippen molar-refractivity contribution in [2.24, 2.45) is 4.99 Å². The molecule has 0 aliphatic carbocycles. The van der Waals surface area contributed by atoms with Crippen LogP contribution >= 0.6 is 24.0 Å². The van der Waals surface area contributed by atoms with Gasteiger partial charge in [-0.2, -0.15) is 5.26 Å². The summed E-state index contributed by atoms with van der Waals surface area (Å²) < 4.78 is 31.5. The van der Waals surface area contributed by atoms with Gasteiger partial charge in [-0.25, -0.2) is 8.78 Å². The Labute approximate surface area is 168 Å². The van der Waals surface area contributed by atoms with Crippen LogP contribution in [0.15, 0.2) is 47.5 Å². The van der Waals surface area contributed by atoms with Crippen molar-refractivity contribution in [1.29, 1.82) is 5.26 Å². The van der Waals surface area contributed by atoms with Crippen LogP contribution in [0.4, 0.5) is 8.78 Å². The first-order chi connectivity index (χ1) is 12.1. The number of hydrogen-bond donors (Lipinski definition) is 2. The molecule has 26 heavy (non-hydrogen) atoms. The molecule has 0 saturated carbocycles. The van der Waals surface area contributed by atoms with Crippen LogP contribution in [-0.4, -0.2) is 26.2 Å². The van der Waals surface area contributed by atoms with Crippen molar-refractivity contribution in [3.8, 4) is 11.8 Å². The molecule has 0 aliphatic rings. The molecule has 8 heteroatoms. The fourth-order valence-electron chi connectivity index (χ4n) is 2.03. The van der Waals surface area contributed by atoms with Crippen LogP contribution in [-0.2, 0) is 6.54 Å². The monoisotopic (exact) mass is 472 g/mol. The van der Waals surface area contributed by atoms with Gasteiger partial charge in [-0.15, -0.1) is 24.0 Å². The van der Waals surface area contributed by atoms with Crippen molar-refractivity contribution >= 4 is 29.9 Å². The maximum atomic E-state index is 13.4. The van der Waals surface area contributed by atoms with Crippen molar-refractivity contribution in [1.82, 2.24) is 10.6 Å². The van der Waals surface area contributed by atoms with Gasteiger partial charge in [0.15, 0.2) is 17.5 Å². The van der Waals surface area contributed by atoms with Crippen molar-refractivity contribution in [2.75, 3.05) is 20.2 Å². The van der Waals surface area contributed by atoms with Gasteiger partial charge in [-0.05, 0) is 29.8 Å². The van der Waals surface area contributed by atoms with E-state index in [2.05, 4.69) is 21.7 Å². The van der Waals surface area contributed by atoms with Crippen LogP contribution in [0.25, 0.3) is 0 Å². The predicted octanol–water partition coefficient (Wildman–Crippen LogP) is 3.20. The zero-order valence-electron chi connectivity index (χ0n) is 14.1. The average molecular weight is 472 g/mol. The number of aliphatic imine (C=N–C) groups is 1. The maximum Gasteiger partial charge on any atom is 0.191 e. The predicted molar refractivity (Wildman–Crippen MR) is 107 cm³/mol. The van der Waals surface area contributed by atoms with Crippen LogP contribution in [0.3, 0.4) is 0 Å². The SMILES string of the molecule is CN=C(NCCOc1ccc(F)cc1F)NCc1ccc(C#N)cc1.I. The summed E-state index contributed by atoms with van der Waals surface area (Å²) in [6.07, 6.45) is 0. The first-order valence-corrected chi connectivity index (χ1v) is 7.64. The number of guanidine groups is 1. The summed E-state index contributed by atoms with van der Waals surface area (Å²) in [7, 11) is 1.63. The maximum absolute atomic E-state index is 13.4. The number of hydrogen-bond acceptors (Lipinski definition) is 3. The zero-order chi connectivity index (χ0) is 18.1. The molecule has 2 rings (SSSR count). The molecule has 0 fully saturated rings. The van der Waals surface area contributed by atoms with E-state index in [-0.39, 0.29) is 36.3 Å². The van der Waals surface area contributed by atoms with E-state index >= 15 is 0 Å². The molecule has 0 bridgehead atoms. The van der Waals surface area contributed by atoms with Crippen molar-refractivity contribution in [3.63, 3.8) is 0 Å². The van der Waals surface area contributed by atoms with Crippen molar-refractivity contribution in [3.05, 3.63) is 65.2 Å². The Morgan fingerprint density at radius 1 is 1.15 bits per heavy atom. The molecule has 0 saturated heterocycles. The van der Waals surface area contributed by atoms with E-state index in [0.717, 1.165) is 17.7 Å². The highest BCUT2D eigenvalue weighted by molar-refractivity contribution is 14.0. The van der Waals surface area contributed by atoms with Crippen molar-refractivity contribution < 1.29 is 13.5 Å². The molecule has 0 amide bonds. The van der Waals surface area contributed by atoms with Gasteiger partial charge in [0.05, 0.1) is 18.2 Å². The highest BCUT2D eigenvalue weighted by Gasteiger charge is 2.05. The molecule has 0 radical (unpaired) electrons. The van der Waals surface area contributed by atoms with Gasteiger partial charge >= 0.3 is 0 Å². The lowest BCUT2D eigenvalue weighted by atomic mass is 10.1. The summed E-state index contributed by atoms with van der Waals surface area (Å²) in [5, 5.41) is 14.9. The molecule has 0 aromatic heterocycles. The lowest BCUT2D eigenvalue weighted by Crippen LogP contribution is -2.38. The lowest BCUT2D eigenvalue weighted by Gasteiger charge is -2.13. The molecule has 2 aromatic carbocycles. The summed E-state index contributed by atoms with van der Waals surface area (Å²) in [4.78, 5) is 4.07. The summed E-state index contributed by atoms with van der Waals surface area (Å²) in [5.41, 5.74) is 1.61. The molecule has 0 heterocycles. The van der Waals surface area contributed by atoms with Crippen LogP contribution < -0.4 is 15.4 Å². The minimum absolute atomic E-state index is 0. The van der Waals surface area contributed by atoms with E-state index in [1.807, 2.05) is 12.1 Å². The minimum Gasteiger partial charge on any atom is -0.489 e. The highest BCUT2D eigenvalue weighted by atomic mass is 127. The number of nitrogens with zero attached hydrogens (tertiary/aromatic N) is 2. The second-order valence-electron chi connectivity index (χ2n) is 5.08. The quantitative estimate of drug-likeness (QED) is 0.293. The molecule has 5 nitrogen and oxygen atoms in total. The Bertz CT molecular complexity index is 776. The number of benzene rings is 2. The molecule has 0 unspecified atom stereocenters. The van der Waals surface area contributed by atoms with Gasteiger partial charge in [0.25, 0.3) is 0 Å². The smallest absolute Gasteiger partial charge is 0.191 e. The number of nitriles is 1. The van der Waals surface area contributed by atoms with E-state index in [4.69, 9.17) is 10.00 Å². The Hall–Kier alpha value is -2.41. The summed E-state index contributed by atoms with van der Waals surface area (Å²) in [5.74, 6) is -0.810. The number of halogens is 3. The third-order valence-electron chi connectivity index (χ3n) is 3.31. The lowest BCUT2D eigenvalue weighted by molar-refractivity contribution is 0.304. The van der Waals surface area contributed by atoms with E-state index in [1.54, 1.807) is 19.2 Å². The molecule has 0 aliphatic heterocycles. The number of ether oxygens (including phenoxy) is 1. The molecular formula is C18H19F2IN4O. The van der Waals surface area contributed by atoms with Crippen LogP contribution in [0.2, 0.25) is 0 Å². The second-order valence-corrected chi connectivity index (χ2v) is 5.08. The molecule has 0 atom stereocenters. The Morgan fingerprint density at radius 3 is 2.50 bits per heavy atom. The van der Waals surface area contributed by atoms with Gasteiger partial charge in [-0.1, -0.05) is 12.1 Å². The average Bonchev–Trinajstić information content (AvgIpc) is 2.63. The first kappa shape index (κ1) is 21.6. The topological polar surface area (TPSA) is 69.4 Å². The van der Waals surface area contributed by atoms with E-state index in [9.17, 15) is 8.78 Å². The fourth-order valence-corrected chi connectivity index (χ4v) is 2.03. The third kappa shape index (κ3) is 6.84. The standard InChI is InChI=1S/C18H18F2N4O.HI/c1-22-18(24-12-14-4-2-13(11-21)3-5-14)23-8-9-25-17-7-6-15(19)10-16(17)20;/h2-7,10H,8-9,12H2,1H3,(H2,22,23,24);1H. The summed E-state index contributed by atoms with van der Waals surface area (Å²) in [6, 6.07) is 12.5. The van der Waals surface area contributed by atoms with Crippen LogP contribution in [0, 0.1) is 23.0 Å². The molecule has 2 aromatic rings. The summed E-state index contributed by atoms with van der Waals surface area (Å²) >= 11 is 0. The van der Waals surface area contributed by atoms with Crippen LogP contribution in [0.5, 0.6) is 5.75 Å². The van der Waals surface area contributed by atoms with Gasteiger partial charge < -0.3 is 15.4 Å². The Kier molecular flexibility index (Phi) is 9.36. The minimum atomic E-state index is -0.733.